The maximum Gasteiger partial charge on any atom is 0.0791 e. The van der Waals surface area contributed by atoms with Crippen molar-refractivity contribution in [2.45, 2.75) is 45.8 Å². The lowest BCUT2D eigenvalue weighted by Gasteiger charge is -2.27. The van der Waals surface area contributed by atoms with Crippen LogP contribution in [0.4, 0.5) is 0 Å². The summed E-state index contributed by atoms with van der Waals surface area (Å²) in [6, 6.07) is 10.4. The summed E-state index contributed by atoms with van der Waals surface area (Å²) < 4.78 is 11.8. The van der Waals surface area contributed by atoms with E-state index in [-0.39, 0.29) is 0 Å². The van der Waals surface area contributed by atoms with Gasteiger partial charge in [-0.2, -0.15) is 0 Å². The predicted molar refractivity (Wildman–Crippen MR) is 85.0 cm³/mol. The lowest BCUT2D eigenvalue weighted by atomic mass is 9.93. The van der Waals surface area contributed by atoms with Gasteiger partial charge in [0.1, 0.15) is 0 Å². The SMILES string of the molecule is CC(C)=C1[C@H](CCCOCc2ccccc2)OC[C@H]2C[C@@H]12. The second-order valence-electron chi connectivity index (χ2n) is 6.56. The Balaban J connectivity index is 1.40. The van der Waals surface area contributed by atoms with Crippen molar-refractivity contribution >= 4 is 0 Å². The molecule has 21 heavy (non-hydrogen) atoms. The maximum absolute atomic E-state index is 6.06. The molecule has 0 unspecified atom stereocenters. The van der Waals surface area contributed by atoms with Crippen LogP contribution < -0.4 is 0 Å². The zero-order valence-electron chi connectivity index (χ0n) is 13.2. The van der Waals surface area contributed by atoms with Gasteiger partial charge in [-0.05, 0) is 56.1 Å². The van der Waals surface area contributed by atoms with E-state index in [4.69, 9.17) is 9.47 Å². The monoisotopic (exact) mass is 286 g/mol. The average Bonchev–Trinajstić information content (AvgIpc) is 3.26. The van der Waals surface area contributed by atoms with E-state index < -0.39 is 0 Å². The van der Waals surface area contributed by atoms with Gasteiger partial charge in [0.05, 0.1) is 19.3 Å². The second-order valence-corrected chi connectivity index (χ2v) is 6.56. The zero-order valence-corrected chi connectivity index (χ0v) is 13.2. The number of benzene rings is 1. The van der Waals surface area contributed by atoms with Gasteiger partial charge in [-0.15, -0.1) is 0 Å². The van der Waals surface area contributed by atoms with Gasteiger partial charge in [0.15, 0.2) is 0 Å². The van der Waals surface area contributed by atoms with Crippen LogP contribution in [0, 0.1) is 11.8 Å². The summed E-state index contributed by atoms with van der Waals surface area (Å²) >= 11 is 0. The van der Waals surface area contributed by atoms with E-state index in [1.165, 1.54) is 17.6 Å². The molecule has 1 aliphatic heterocycles. The first kappa shape index (κ1) is 14.8. The Labute approximate surface area is 128 Å². The van der Waals surface area contributed by atoms with Crippen molar-refractivity contribution in [3.8, 4) is 0 Å². The van der Waals surface area contributed by atoms with Crippen LogP contribution in [0.25, 0.3) is 0 Å². The molecule has 3 rings (SSSR count). The average molecular weight is 286 g/mol. The number of rotatable bonds is 6. The van der Waals surface area contributed by atoms with Gasteiger partial charge in [0, 0.05) is 6.61 Å². The van der Waals surface area contributed by atoms with Crippen LogP contribution in [0.15, 0.2) is 41.5 Å². The van der Waals surface area contributed by atoms with Crippen LogP contribution in [-0.2, 0) is 16.1 Å². The summed E-state index contributed by atoms with van der Waals surface area (Å²) in [5.74, 6) is 1.65. The fourth-order valence-corrected chi connectivity index (χ4v) is 3.45. The standard InChI is InChI=1S/C19H26O2/c1-14(2)19-17-11-16(17)13-21-18(19)9-6-10-20-12-15-7-4-3-5-8-15/h3-5,7-8,16-18H,6,9-13H2,1-2H3/t16-,17-,18+/m1/s1. The predicted octanol–water partition coefficient (Wildman–Crippen LogP) is 4.35. The molecule has 0 aromatic heterocycles. The van der Waals surface area contributed by atoms with Crippen molar-refractivity contribution in [1.29, 1.82) is 0 Å². The molecule has 2 aliphatic rings. The van der Waals surface area contributed by atoms with E-state index in [0.29, 0.717) is 12.7 Å². The smallest absolute Gasteiger partial charge is 0.0791 e. The fourth-order valence-electron chi connectivity index (χ4n) is 3.45. The molecule has 2 nitrogen and oxygen atoms in total. The van der Waals surface area contributed by atoms with Crippen LogP contribution in [0.3, 0.4) is 0 Å². The molecular weight excluding hydrogens is 260 g/mol. The fraction of sp³-hybridized carbons (Fsp3) is 0.579. The molecule has 1 saturated heterocycles. The van der Waals surface area contributed by atoms with Gasteiger partial charge in [-0.3, -0.25) is 0 Å². The minimum absolute atomic E-state index is 0.346. The van der Waals surface area contributed by atoms with E-state index in [0.717, 1.165) is 37.9 Å². The highest BCUT2D eigenvalue weighted by Crippen LogP contribution is 2.51. The van der Waals surface area contributed by atoms with Crippen molar-refractivity contribution in [3.05, 3.63) is 47.0 Å². The molecule has 0 bridgehead atoms. The maximum atomic E-state index is 6.06. The molecule has 0 radical (unpaired) electrons. The number of hydrogen-bond acceptors (Lipinski definition) is 2. The van der Waals surface area contributed by atoms with Crippen molar-refractivity contribution in [1.82, 2.24) is 0 Å². The lowest BCUT2D eigenvalue weighted by molar-refractivity contribution is 0.0308. The Morgan fingerprint density at radius 1 is 1.24 bits per heavy atom. The third-order valence-electron chi connectivity index (χ3n) is 4.62. The summed E-state index contributed by atoms with van der Waals surface area (Å²) in [5, 5.41) is 0. The highest BCUT2D eigenvalue weighted by Gasteiger charge is 2.46. The van der Waals surface area contributed by atoms with E-state index >= 15 is 0 Å². The van der Waals surface area contributed by atoms with Gasteiger partial charge in [0.2, 0.25) is 0 Å². The third-order valence-corrected chi connectivity index (χ3v) is 4.62. The molecule has 1 aromatic rings. The molecule has 1 aromatic carbocycles. The van der Waals surface area contributed by atoms with Crippen LogP contribution in [0.2, 0.25) is 0 Å². The summed E-state index contributed by atoms with van der Waals surface area (Å²) in [6.45, 7) is 6.97. The quantitative estimate of drug-likeness (QED) is 0.571. The molecule has 0 spiro atoms. The Morgan fingerprint density at radius 2 is 2.05 bits per heavy atom. The van der Waals surface area contributed by atoms with Crippen LogP contribution in [-0.4, -0.2) is 19.3 Å². The van der Waals surface area contributed by atoms with Crippen molar-refractivity contribution in [2.75, 3.05) is 13.2 Å². The Bertz CT molecular complexity index is 488. The Hall–Kier alpha value is -1.12. The first-order valence-corrected chi connectivity index (χ1v) is 8.16. The van der Waals surface area contributed by atoms with Gasteiger partial charge < -0.3 is 9.47 Å². The molecule has 3 atom stereocenters. The van der Waals surface area contributed by atoms with Gasteiger partial charge in [-0.25, -0.2) is 0 Å². The van der Waals surface area contributed by atoms with E-state index in [9.17, 15) is 0 Å². The van der Waals surface area contributed by atoms with Crippen molar-refractivity contribution < 1.29 is 9.47 Å². The van der Waals surface area contributed by atoms with Gasteiger partial charge >= 0.3 is 0 Å². The topological polar surface area (TPSA) is 18.5 Å². The highest BCUT2D eigenvalue weighted by atomic mass is 16.5. The molecular formula is C19H26O2. The van der Waals surface area contributed by atoms with Crippen molar-refractivity contribution in [2.24, 2.45) is 11.8 Å². The summed E-state index contributed by atoms with van der Waals surface area (Å²) in [6.07, 6.45) is 3.87. The van der Waals surface area contributed by atoms with Gasteiger partial charge in [-0.1, -0.05) is 35.9 Å². The minimum atomic E-state index is 0.346. The molecule has 0 amide bonds. The molecule has 114 valence electrons. The summed E-state index contributed by atoms with van der Waals surface area (Å²) in [5.41, 5.74) is 4.31. The summed E-state index contributed by atoms with van der Waals surface area (Å²) in [7, 11) is 0. The van der Waals surface area contributed by atoms with Crippen LogP contribution in [0.1, 0.15) is 38.7 Å². The van der Waals surface area contributed by atoms with E-state index in [1.54, 1.807) is 5.57 Å². The number of hydrogen-bond donors (Lipinski definition) is 0. The van der Waals surface area contributed by atoms with Crippen LogP contribution in [0.5, 0.6) is 0 Å². The van der Waals surface area contributed by atoms with E-state index in [1.807, 2.05) is 6.07 Å². The Kier molecular flexibility index (Phi) is 4.77. The van der Waals surface area contributed by atoms with Crippen LogP contribution >= 0.6 is 0 Å². The normalized spacial score (nSPS) is 27.3. The number of ether oxygens (including phenoxy) is 2. The van der Waals surface area contributed by atoms with Crippen molar-refractivity contribution in [3.63, 3.8) is 0 Å². The lowest BCUT2D eigenvalue weighted by Crippen LogP contribution is -2.25. The molecule has 0 N–H and O–H groups in total. The summed E-state index contributed by atoms with van der Waals surface area (Å²) in [4.78, 5) is 0. The third kappa shape index (κ3) is 3.75. The largest absolute Gasteiger partial charge is 0.377 e. The molecule has 2 heteroatoms. The second kappa shape index (κ2) is 6.76. The van der Waals surface area contributed by atoms with E-state index in [2.05, 4.69) is 38.1 Å². The molecule has 2 fully saturated rings. The van der Waals surface area contributed by atoms with Gasteiger partial charge in [0.25, 0.3) is 0 Å². The molecule has 1 heterocycles. The number of fused-ring (bicyclic) bond motifs is 1. The highest BCUT2D eigenvalue weighted by molar-refractivity contribution is 5.26. The molecule has 1 saturated carbocycles. The minimum Gasteiger partial charge on any atom is -0.377 e. The first-order valence-electron chi connectivity index (χ1n) is 8.16. The molecule has 1 aliphatic carbocycles. The Morgan fingerprint density at radius 3 is 2.81 bits per heavy atom. The first-order chi connectivity index (χ1) is 10.3. The zero-order chi connectivity index (χ0) is 14.7. The number of allylic oxidation sites excluding steroid dienone is 1.